The minimum atomic E-state index is 0.547. The van der Waals surface area contributed by atoms with E-state index in [1.54, 1.807) is 11.3 Å². The SMILES string of the molecule is CCCCC(C)c1nnc(CCNC(C)C)s1. The van der Waals surface area contributed by atoms with Crippen molar-refractivity contribution >= 4 is 11.3 Å². The van der Waals surface area contributed by atoms with Crippen molar-refractivity contribution < 1.29 is 0 Å². The first-order valence-electron chi connectivity index (χ1n) is 6.69. The van der Waals surface area contributed by atoms with Crippen molar-refractivity contribution in [2.75, 3.05) is 6.54 Å². The molecule has 1 aromatic rings. The van der Waals surface area contributed by atoms with Gasteiger partial charge in [-0.1, -0.05) is 40.5 Å². The van der Waals surface area contributed by atoms with Crippen LogP contribution in [0.3, 0.4) is 0 Å². The van der Waals surface area contributed by atoms with E-state index in [4.69, 9.17) is 0 Å². The molecule has 0 fully saturated rings. The molecular formula is C13H25N3S. The van der Waals surface area contributed by atoms with Gasteiger partial charge in [-0.2, -0.15) is 0 Å². The van der Waals surface area contributed by atoms with Gasteiger partial charge in [0.1, 0.15) is 10.0 Å². The second-order valence-electron chi connectivity index (χ2n) is 4.94. The fourth-order valence-corrected chi connectivity index (χ4v) is 2.60. The van der Waals surface area contributed by atoms with E-state index in [0.717, 1.165) is 18.0 Å². The van der Waals surface area contributed by atoms with Gasteiger partial charge < -0.3 is 5.32 Å². The molecule has 0 aliphatic heterocycles. The normalized spacial score (nSPS) is 13.2. The maximum Gasteiger partial charge on any atom is 0.120 e. The van der Waals surface area contributed by atoms with Gasteiger partial charge in [0.2, 0.25) is 0 Å². The van der Waals surface area contributed by atoms with Crippen molar-refractivity contribution in [2.24, 2.45) is 0 Å². The molecular weight excluding hydrogens is 230 g/mol. The molecule has 1 heterocycles. The molecule has 1 aromatic heterocycles. The maximum atomic E-state index is 4.31. The van der Waals surface area contributed by atoms with Gasteiger partial charge in [0.15, 0.2) is 0 Å². The van der Waals surface area contributed by atoms with Crippen LogP contribution < -0.4 is 5.32 Å². The number of nitrogens with zero attached hydrogens (tertiary/aromatic N) is 2. The molecule has 0 saturated heterocycles. The highest BCUT2D eigenvalue weighted by atomic mass is 32.1. The Hall–Kier alpha value is -0.480. The van der Waals surface area contributed by atoms with Crippen molar-refractivity contribution in [2.45, 2.75) is 65.3 Å². The first-order chi connectivity index (χ1) is 8.13. The Labute approximate surface area is 109 Å². The summed E-state index contributed by atoms with van der Waals surface area (Å²) in [5.41, 5.74) is 0. The topological polar surface area (TPSA) is 37.8 Å². The highest BCUT2D eigenvalue weighted by molar-refractivity contribution is 7.11. The van der Waals surface area contributed by atoms with Crippen LogP contribution in [0.25, 0.3) is 0 Å². The van der Waals surface area contributed by atoms with Crippen LogP contribution >= 0.6 is 11.3 Å². The number of nitrogens with one attached hydrogen (secondary N) is 1. The molecule has 0 saturated carbocycles. The Morgan fingerprint density at radius 2 is 2.00 bits per heavy atom. The molecule has 0 bridgehead atoms. The molecule has 0 aromatic carbocycles. The molecule has 0 aliphatic carbocycles. The summed E-state index contributed by atoms with van der Waals surface area (Å²) in [5, 5.41) is 14.4. The molecule has 1 atom stereocenters. The maximum absolute atomic E-state index is 4.31. The largest absolute Gasteiger partial charge is 0.314 e. The number of unbranched alkanes of at least 4 members (excludes halogenated alkanes) is 1. The lowest BCUT2D eigenvalue weighted by atomic mass is 10.1. The molecule has 0 amide bonds. The van der Waals surface area contributed by atoms with Gasteiger partial charge in [0.05, 0.1) is 0 Å². The lowest BCUT2D eigenvalue weighted by molar-refractivity contribution is 0.588. The van der Waals surface area contributed by atoms with Gasteiger partial charge in [-0.25, -0.2) is 0 Å². The number of hydrogen-bond donors (Lipinski definition) is 1. The summed E-state index contributed by atoms with van der Waals surface area (Å²) in [7, 11) is 0. The van der Waals surface area contributed by atoms with Gasteiger partial charge in [-0.15, -0.1) is 21.5 Å². The molecule has 4 heteroatoms. The summed E-state index contributed by atoms with van der Waals surface area (Å²) in [6.45, 7) is 9.81. The van der Waals surface area contributed by atoms with Crippen molar-refractivity contribution in [3.8, 4) is 0 Å². The summed E-state index contributed by atoms with van der Waals surface area (Å²) in [6.07, 6.45) is 4.77. The predicted octanol–water partition coefficient (Wildman–Crippen LogP) is 3.37. The Balaban J connectivity index is 2.36. The van der Waals surface area contributed by atoms with Gasteiger partial charge in [0, 0.05) is 24.9 Å². The highest BCUT2D eigenvalue weighted by Crippen LogP contribution is 2.24. The van der Waals surface area contributed by atoms with E-state index in [-0.39, 0.29) is 0 Å². The zero-order chi connectivity index (χ0) is 12.7. The van der Waals surface area contributed by atoms with Gasteiger partial charge in [-0.05, 0) is 6.42 Å². The Bertz CT molecular complexity index is 309. The van der Waals surface area contributed by atoms with E-state index in [9.17, 15) is 0 Å². The van der Waals surface area contributed by atoms with Crippen LogP contribution in [0.1, 0.15) is 62.9 Å². The third kappa shape index (κ3) is 5.59. The second kappa shape index (κ2) is 7.77. The van der Waals surface area contributed by atoms with E-state index in [0.29, 0.717) is 12.0 Å². The quantitative estimate of drug-likeness (QED) is 0.774. The fourth-order valence-electron chi connectivity index (χ4n) is 1.67. The standard InChI is InChI=1S/C13H25N3S/c1-5-6-7-11(4)13-16-15-12(17-13)8-9-14-10(2)3/h10-11,14H,5-9H2,1-4H3. The highest BCUT2D eigenvalue weighted by Gasteiger charge is 2.11. The van der Waals surface area contributed by atoms with Crippen LogP contribution in [0.2, 0.25) is 0 Å². The monoisotopic (exact) mass is 255 g/mol. The molecule has 0 aliphatic rings. The Morgan fingerprint density at radius 1 is 1.24 bits per heavy atom. The first-order valence-corrected chi connectivity index (χ1v) is 7.50. The predicted molar refractivity (Wildman–Crippen MR) is 74.7 cm³/mol. The fraction of sp³-hybridized carbons (Fsp3) is 0.846. The third-order valence-electron chi connectivity index (χ3n) is 2.79. The molecule has 17 heavy (non-hydrogen) atoms. The van der Waals surface area contributed by atoms with E-state index < -0.39 is 0 Å². The second-order valence-corrected chi connectivity index (χ2v) is 6.03. The van der Waals surface area contributed by atoms with Crippen LogP contribution in [0, 0.1) is 0 Å². The summed E-state index contributed by atoms with van der Waals surface area (Å²) in [4.78, 5) is 0. The Kier molecular flexibility index (Phi) is 6.66. The van der Waals surface area contributed by atoms with Crippen molar-refractivity contribution in [1.29, 1.82) is 0 Å². The Morgan fingerprint density at radius 3 is 2.65 bits per heavy atom. The minimum Gasteiger partial charge on any atom is -0.314 e. The van der Waals surface area contributed by atoms with Gasteiger partial charge >= 0.3 is 0 Å². The molecule has 1 N–H and O–H groups in total. The number of aromatic nitrogens is 2. The zero-order valence-electron chi connectivity index (χ0n) is 11.5. The summed E-state index contributed by atoms with van der Waals surface area (Å²) in [6, 6.07) is 0.547. The number of rotatable bonds is 8. The number of hydrogen-bond acceptors (Lipinski definition) is 4. The van der Waals surface area contributed by atoms with Crippen LogP contribution in [-0.2, 0) is 6.42 Å². The van der Waals surface area contributed by atoms with Gasteiger partial charge in [-0.3, -0.25) is 0 Å². The van der Waals surface area contributed by atoms with Crippen molar-refractivity contribution in [3.05, 3.63) is 10.0 Å². The van der Waals surface area contributed by atoms with Crippen LogP contribution in [0.5, 0.6) is 0 Å². The van der Waals surface area contributed by atoms with E-state index in [2.05, 4.69) is 43.2 Å². The molecule has 98 valence electrons. The summed E-state index contributed by atoms with van der Waals surface area (Å²) < 4.78 is 0. The summed E-state index contributed by atoms with van der Waals surface area (Å²) >= 11 is 1.78. The first kappa shape index (κ1) is 14.6. The van der Waals surface area contributed by atoms with Gasteiger partial charge in [0.25, 0.3) is 0 Å². The van der Waals surface area contributed by atoms with Crippen molar-refractivity contribution in [3.63, 3.8) is 0 Å². The molecule has 1 rings (SSSR count). The third-order valence-corrected chi connectivity index (χ3v) is 4.00. The summed E-state index contributed by atoms with van der Waals surface area (Å²) in [5.74, 6) is 0.569. The average Bonchev–Trinajstić information content (AvgIpc) is 2.74. The molecule has 0 radical (unpaired) electrons. The molecule has 3 nitrogen and oxygen atoms in total. The molecule has 1 unspecified atom stereocenters. The zero-order valence-corrected chi connectivity index (χ0v) is 12.3. The minimum absolute atomic E-state index is 0.547. The molecule has 0 spiro atoms. The van der Waals surface area contributed by atoms with Crippen molar-refractivity contribution in [1.82, 2.24) is 15.5 Å². The van der Waals surface area contributed by atoms with Crippen LogP contribution in [0.15, 0.2) is 0 Å². The van der Waals surface area contributed by atoms with Crippen LogP contribution in [-0.4, -0.2) is 22.8 Å². The van der Waals surface area contributed by atoms with E-state index in [1.807, 2.05) is 0 Å². The van der Waals surface area contributed by atoms with E-state index in [1.165, 1.54) is 24.3 Å². The van der Waals surface area contributed by atoms with Crippen LogP contribution in [0.4, 0.5) is 0 Å². The lowest BCUT2D eigenvalue weighted by Gasteiger charge is -2.06. The smallest absolute Gasteiger partial charge is 0.120 e. The lowest BCUT2D eigenvalue weighted by Crippen LogP contribution is -2.24. The van der Waals surface area contributed by atoms with E-state index >= 15 is 0 Å². The average molecular weight is 255 g/mol.